The van der Waals surface area contributed by atoms with E-state index in [0.29, 0.717) is 0 Å². The Morgan fingerprint density at radius 2 is 0.620 bits per heavy atom. The molecule has 0 spiro atoms. The monoisotopic (exact) mass is 932 g/mol. The van der Waals surface area contributed by atoms with Crippen molar-refractivity contribution in [2.75, 3.05) is 9.80 Å². The van der Waals surface area contributed by atoms with Crippen molar-refractivity contribution < 1.29 is 18.6 Å². The van der Waals surface area contributed by atoms with Gasteiger partial charge in [0.25, 0.3) is 0 Å². The molecule has 2 aliphatic heterocycles. The first-order valence-corrected chi connectivity index (χ1v) is 25.0. The van der Waals surface area contributed by atoms with Crippen LogP contribution in [-0.4, -0.2) is 36.6 Å². The Balaban J connectivity index is 1.05. The van der Waals surface area contributed by atoms with Crippen LogP contribution in [0.5, 0.6) is 0 Å². The topological polar surface area (TPSA) is 43.4 Å². The van der Waals surface area contributed by atoms with Crippen molar-refractivity contribution in [2.24, 2.45) is 0 Å². The predicted octanol–water partition coefficient (Wildman–Crippen LogP) is 14.9. The summed E-state index contributed by atoms with van der Waals surface area (Å²) in [6.45, 7) is 21.5. The van der Waals surface area contributed by atoms with E-state index < -0.39 is 36.6 Å². The molecule has 0 bridgehead atoms. The number of rotatable bonds is 10. The second-order valence-electron chi connectivity index (χ2n) is 21.9. The lowest BCUT2D eigenvalue weighted by Crippen LogP contribution is -2.41. The van der Waals surface area contributed by atoms with Gasteiger partial charge < -0.3 is 28.4 Å². The Kier molecular flexibility index (Phi) is 11.4. The van der Waals surface area contributed by atoms with Gasteiger partial charge in [0.1, 0.15) is 0 Å². The van der Waals surface area contributed by atoms with Crippen LogP contribution >= 0.6 is 0 Å². The third-order valence-electron chi connectivity index (χ3n) is 16.0. The molecule has 0 unspecified atom stereocenters. The molecule has 0 saturated carbocycles. The van der Waals surface area contributed by atoms with Crippen LogP contribution in [0.3, 0.4) is 0 Å². The molecule has 2 fully saturated rings. The summed E-state index contributed by atoms with van der Waals surface area (Å²) >= 11 is 0. The summed E-state index contributed by atoms with van der Waals surface area (Å²) < 4.78 is 26.0. The molecule has 0 N–H and O–H groups in total. The van der Waals surface area contributed by atoms with Crippen LogP contribution in [0.25, 0.3) is 33.4 Å². The minimum absolute atomic E-state index is 0.240. The van der Waals surface area contributed by atoms with E-state index >= 15 is 0 Å². The number of para-hydroxylation sites is 2. The predicted molar refractivity (Wildman–Crippen MR) is 296 cm³/mol. The Morgan fingerprint density at radius 1 is 0.310 bits per heavy atom. The average Bonchev–Trinajstić information content (AvgIpc) is 3.84. The minimum atomic E-state index is -0.459. The molecule has 8 aromatic carbocycles. The first-order chi connectivity index (χ1) is 33.9. The van der Waals surface area contributed by atoms with Crippen LogP contribution in [0.15, 0.2) is 194 Å². The molecule has 6 nitrogen and oxygen atoms in total. The lowest BCUT2D eigenvalue weighted by molar-refractivity contribution is 0.00578. The third-order valence-corrected chi connectivity index (χ3v) is 16.0. The highest BCUT2D eigenvalue weighted by atomic mass is 16.7. The lowest BCUT2D eigenvalue weighted by atomic mass is 9.79. The molecule has 0 radical (unpaired) electrons. The van der Waals surface area contributed by atoms with Gasteiger partial charge in [-0.2, -0.15) is 0 Å². The molecule has 354 valence electrons. The average molecular weight is 933 g/mol. The zero-order valence-corrected chi connectivity index (χ0v) is 42.7. The van der Waals surface area contributed by atoms with Gasteiger partial charge in [0.05, 0.1) is 33.8 Å². The van der Waals surface area contributed by atoms with Gasteiger partial charge in [-0.3, -0.25) is 0 Å². The maximum atomic E-state index is 6.50. The maximum absolute atomic E-state index is 6.50. The molecule has 2 heterocycles. The molecule has 8 heteroatoms. The summed E-state index contributed by atoms with van der Waals surface area (Å²) in [7, 11) is -0.918. The molecule has 3 aliphatic rings. The number of anilines is 6. The number of hydrogen-bond acceptors (Lipinski definition) is 6. The van der Waals surface area contributed by atoms with Crippen molar-refractivity contribution in [1.82, 2.24) is 0 Å². The van der Waals surface area contributed by atoms with Crippen molar-refractivity contribution >= 4 is 59.3 Å². The van der Waals surface area contributed by atoms with Crippen molar-refractivity contribution in [3.8, 4) is 33.4 Å². The third kappa shape index (κ3) is 8.11. The zero-order chi connectivity index (χ0) is 49.5. The molecule has 8 aromatic rings. The highest BCUT2D eigenvalue weighted by Gasteiger charge is 2.53. The molecular formula is C63H62B2N2O4. The van der Waals surface area contributed by atoms with E-state index in [4.69, 9.17) is 18.6 Å². The Bertz CT molecular complexity index is 3010. The quantitative estimate of drug-likeness (QED) is 0.127. The Labute approximate surface area is 421 Å². The summed E-state index contributed by atoms with van der Waals surface area (Å²) in [6.07, 6.45) is 0. The van der Waals surface area contributed by atoms with Crippen LogP contribution < -0.4 is 20.7 Å². The Morgan fingerprint density at radius 3 is 0.972 bits per heavy atom. The summed E-state index contributed by atoms with van der Waals surface area (Å²) in [5.41, 5.74) is 16.0. The molecular weight excluding hydrogens is 870 g/mol. The maximum Gasteiger partial charge on any atom is 0.494 e. The highest BCUT2D eigenvalue weighted by Crippen LogP contribution is 2.53. The van der Waals surface area contributed by atoms with E-state index in [1.54, 1.807) is 0 Å². The highest BCUT2D eigenvalue weighted by molar-refractivity contribution is 6.62. The van der Waals surface area contributed by atoms with Gasteiger partial charge in [-0.1, -0.05) is 147 Å². The van der Waals surface area contributed by atoms with Gasteiger partial charge in [0.2, 0.25) is 0 Å². The Hall–Kier alpha value is -6.67. The van der Waals surface area contributed by atoms with Crippen LogP contribution in [0.2, 0.25) is 0 Å². The summed E-state index contributed by atoms with van der Waals surface area (Å²) in [5.74, 6) is 0. The standard InChI is InChI=1S/C63H62B2N2O4/c1-59(2)55-39-37-49(66(57-27-19-17-25-51(57)43-21-13-11-14-22-43)47-33-29-45(30-34-47)64-68-60(3,4)61(5,6)69-64)41-53(55)54-42-50(38-40-56(54)59)67(58-28-20-18-26-52(58)44-23-15-12-16-24-44)48-35-31-46(32-36-48)65-70-62(7,8)63(9,10)71-65/h11-42H,1-10H3. The van der Waals surface area contributed by atoms with Crippen LogP contribution in [-0.2, 0) is 24.0 Å². The first-order valence-electron chi connectivity index (χ1n) is 25.0. The van der Waals surface area contributed by atoms with Crippen LogP contribution in [0.4, 0.5) is 34.1 Å². The fourth-order valence-corrected chi connectivity index (χ4v) is 10.5. The van der Waals surface area contributed by atoms with E-state index in [0.717, 1.165) is 67.3 Å². The van der Waals surface area contributed by atoms with Gasteiger partial charge in [-0.25, -0.2) is 0 Å². The van der Waals surface area contributed by atoms with Crippen molar-refractivity contribution in [3.63, 3.8) is 0 Å². The van der Waals surface area contributed by atoms with Crippen LogP contribution in [0, 0.1) is 0 Å². The lowest BCUT2D eigenvalue weighted by Gasteiger charge is -2.32. The molecule has 11 rings (SSSR count). The number of nitrogens with zero attached hydrogens (tertiary/aromatic N) is 2. The van der Waals surface area contributed by atoms with Gasteiger partial charge in [-0.15, -0.1) is 0 Å². The fraction of sp³-hybridized carbons (Fsp3) is 0.238. The molecule has 0 atom stereocenters. The van der Waals surface area contributed by atoms with Crippen molar-refractivity contribution in [2.45, 2.75) is 97.1 Å². The molecule has 0 aromatic heterocycles. The summed E-state index contributed by atoms with van der Waals surface area (Å²) in [5, 5.41) is 0. The van der Waals surface area contributed by atoms with Gasteiger partial charge in [0, 0.05) is 39.3 Å². The fourth-order valence-electron chi connectivity index (χ4n) is 10.5. The van der Waals surface area contributed by atoms with E-state index in [-0.39, 0.29) is 5.41 Å². The SMILES string of the molecule is CC1(C)c2ccc(N(c3ccc(B4OC(C)(C)C(C)(C)O4)cc3)c3ccccc3-c3ccccc3)cc2-c2cc(N(c3ccc(B4OC(C)(C)C(C)(C)O4)cc3)c3ccccc3-c3ccccc3)ccc21. The minimum Gasteiger partial charge on any atom is -0.399 e. The number of benzene rings is 8. The second kappa shape index (κ2) is 17.3. The van der Waals surface area contributed by atoms with E-state index in [1.807, 2.05) is 0 Å². The second-order valence-corrected chi connectivity index (χ2v) is 21.9. The van der Waals surface area contributed by atoms with Crippen molar-refractivity contribution in [1.29, 1.82) is 0 Å². The number of hydrogen-bond donors (Lipinski definition) is 0. The summed E-state index contributed by atoms with van der Waals surface area (Å²) in [4.78, 5) is 4.80. The molecule has 1 aliphatic carbocycles. The summed E-state index contributed by atoms with van der Waals surface area (Å²) in [6, 6.07) is 70.2. The molecule has 71 heavy (non-hydrogen) atoms. The molecule has 2 saturated heterocycles. The van der Waals surface area contributed by atoms with Gasteiger partial charge >= 0.3 is 14.2 Å². The smallest absolute Gasteiger partial charge is 0.399 e. The van der Waals surface area contributed by atoms with Crippen LogP contribution in [0.1, 0.15) is 80.4 Å². The van der Waals surface area contributed by atoms with E-state index in [2.05, 4.69) is 273 Å². The number of fused-ring (bicyclic) bond motifs is 3. The van der Waals surface area contributed by atoms with Gasteiger partial charge in [-0.05, 0) is 160 Å². The largest absolute Gasteiger partial charge is 0.494 e. The van der Waals surface area contributed by atoms with Gasteiger partial charge in [0.15, 0.2) is 0 Å². The normalized spacial score (nSPS) is 17.7. The van der Waals surface area contributed by atoms with E-state index in [1.165, 1.54) is 22.3 Å². The van der Waals surface area contributed by atoms with E-state index in [9.17, 15) is 0 Å². The zero-order valence-electron chi connectivity index (χ0n) is 42.7. The van der Waals surface area contributed by atoms with Crippen molar-refractivity contribution in [3.05, 3.63) is 205 Å². The molecule has 0 amide bonds. The first kappa shape index (κ1) is 46.7.